The number of aryl methyl sites for hydroxylation is 1. The monoisotopic (exact) mass is 407 g/mol. The fourth-order valence-electron chi connectivity index (χ4n) is 2.64. The highest BCUT2D eigenvalue weighted by Gasteiger charge is 2.24. The second kappa shape index (κ2) is 9.08. The Morgan fingerprint density at radius 2 is 1.97 bits per heavy atom. The molecule has 0 saturated heterocycles. The van der Waals surface area contributed by atoms with Gasteiger partial charge in [0, 0.05) is 16.6 Å². The van der Waals surface area contributed by atoms with Gasteiger partial charge in [-0.25, -0.2) is 4.98 Å². The van der Waals surface area contributed by atoms with E-state index in [9.17, 15) is 19.6 Å². The Morgan fingerprint density at radius 1 is 1.21 bits per heavy atom. The Bertz CT molecular complexity index is 1120. The molecule has 0 aliphatic carbocycles. The lowest BCUT2D eigenvalue weighted by Crippen LogP contribution is -2.32. The number of nitrogens with zero attached hydrogens (tertiary/aromatic N) is 2. The van der Waals surface area contributed by atoms with Crippen molar-refractivity contribution in [3.8, 4) is 6.07 Å². The molecule has 1 N–H and O–H groups in total. The van der Waals surface area contributed by atoms with Crippen molar-refractivity contribution < 1.29 is 19.1 Å². The molecule has 1 atom stereocenters. The largest absolute Gasteiger partial charge is 0.456 e. The van der Waals surface area contributed by atoms with Gasteiger partial charge in [-0.1, -0.05) is 30.3 Å². The number of nitrogens with one attached hydrogen (secondary N) is 1. The van der Waals surface area contributed by atoms with Crippen molar-refractivity contribution in [3.05, 3.63) is 64.1 Å². The number of aromatic nitrogens is 1. The number of nitriles is 1. The van der Waals surface area contributed by atoms with E-state index in [2.05, 4.69) is 10.3 Å². The van der Waals surface area contributed by atoms with E-state index >= 15 is 0 Å². The van der Waals surface area contributed by atoms with Crippen molar-refractivity contribution in [3.63, 3.8) is 0 Å². The highest BCUT2D eigenvalue weighted by molar-refractivity contribution is 7.09. The third-order valence-corrected chi connectivity index (χ3v) is 5.14. The average Bonchev–Trinajstić information content (AvgIpc) is 3.16. The maximum Gasteiger partial charge on any atom is 0.325 e. The number of hydrogen-bond acceptors (Lipinski definition) is 7. The molecule has 0 saturated carbocycles. The number of ketones is 1. The zero-order chi connectivity index (χ0) is 20.8. The zero-order valence-electron chi connectivity index (χ0n) is 15.5. The molecule has 1 aromatic heterocycles. The van der Waals surface area contributed by atoms with Gasteiger partial charge >= 0.3 is 5.97 Å². The summed E-state index contributed by atoms with van der Waals surface area (Å²) in [6.45, 7) is 0.825. The molecule has 0 radical (unpaired) electrons. The fraction of sp³-hybridized carbons (Fsp3) is 0.190. The number of ether oxygens (including phenoxy) is 1. The summed E-state index contributed by atoms with van der Waals surface area (Å²) in [6, 6.07) is 14.7. The number of carbonyl (C=O) groups excluding carboxylic acids is 3. The highest BCUT2D eigenvalue weighted by atomic mass is 32.1. The van der Waals surface area contributed by atoms with E-state index in [1.54, 1.807) is 24.4 Å². The van der Waals surface area contributed by atoms with Gasteiger partial charge in [-0.05, 0) is 29.8 Å². The van der Waals surface area contributed by atoms with Crippen LogP contribution in [0.15, 0.2) is 47.8 Å². The highest BCUT2D eigenvalue weighted by Crippen LogP contribution is 2.20. The van der Waals surface area contributed by atoms with Crippen molar-refractivity contribution >= 4 is 39.8 Å². The van der Waals surface area contributed by atoms with E-state index in [0.717, 1.165) is 10.8 Å². The molecule has 1 heterocycles. The molecular formula is C21H17N3O4S. The maximum absolute atomic E-state index is 12.2. The molecule has 3 rings (SSSR count). The molecular weight excluding hydrogens is 390 g/mol. The Kier molecular flexibility index (Phi) is 6.32. The van der Waals surface area contributed by atoms with Crippen molar-refractivity contribution in [2.24, 2.45) is 0 Å². The number of thiazole rings is 1. The Balaban J connectivity index is 1.50. The van der Waals surface area contributed by atoms with Crippen LogP contribution in [0.4, 0.5) is 0 Å². The molecule has 7 nitrogen and oxygen atoms in total. The molecule has 146 valence electrons. The summed E-state index contributed by atoms with van der Waals surface area (Å²) in [5.41, 5.74) is 1.13. The average molecular weight is 407 g/mol. The lowest BCUT2D eigenvalue weighted by Gasteiger charge is -2.08. The van der Waals surface area contributed by atoms with Crippen LogP contribution in [0.2, 0.25) is 0 Å². The third-order valence-electron chi connectivity index (χ3n) is 4.12. The minimum Gasteiger partial charge on any atom is -0.456 e. The lowest BCUT2D eigenvalue weighted by molar-refractivity contribution is -0.146. The van der Waals surface area contributed by atoms with Gasteiger partial charge in [0.05, 0.1) is 6.07 Å². The number of hydrogen-bond donors (Lipinski definition) is 1. The number of carbonyl (C=O) groups is 3. The fourth-order valence-corrected chi connectivity index (χ4v) is 3.50. The van der Waals surface area contributed by atoms with Crippen LogP contribution in [-0.2, 0) is 14.3 Å². The minimum atomic E-state index is -1.08. The molecule has 8 heteroatoms. The summed E-state index contributed by atoms with van der Waals surface area (Å²) < 4.78 is 4.89. The number of fused-ring (bicyclic) bond motifs is 1. The molecule has 3 aromatic rings. The first-order chi connectivity index (χ1) is 14.0. The normalized spacial score (nSPS) is 11.4. The first-order valence-electron chi connectivity index (χ1n) is 8.75. The lowest BCUT2D eigenvalue weighted by atomic mass is 10.1. The van der Waals surface area contributed by atoms with Crippen LogP contribution in [0, 0.1) is 18.3 Å². The van der Waals surface area contributed by atoms with E-state index in [1.165, 1.54) is 11.3 Å². The predicted molar refractivity (Wildman–Crippen MR) is 107 cm³/mol. The van der Waals surface area contributed by atoms with Crippen molar-refractivity contribution in [1.82, 2.24) is 10.3 Å². The summed E-state index contributed by atoms with van der Waals surface area (Å²) >= 11 is 1.21. The van der Waals surface area contributed by atoms with E-state index < -0.39 is 30.2 Å². The molecule has 0 fully saturated rings. The van der Waals surface area contributed by atoms with Crippen LogP contribution in [0.3, 0.4) is 0 Å². The molecule has 0 spiro atoms. The summed E-state index contributed by atoms with van der Waals surface area (Å²) in [5.74, 6) is -2.82. The van der Waals surface area contributed by atoms with Crippen molar-refractivity contribution in [2.45, 2.75) is 12.8 Å². The van der Waals surface area contributed by atoms with Gasteiger partial charge in [-0.3, -0.25) is 14.4 Å². The number of esters is 1. The number of benzene rings is 2. The van der Waals surface area contributed by atoms with Crippen molar-refractivity contribution in [1.29, 1.82) is 5.26 Å². The van der Waals surface area contributed by atoms with Crippen molar-refractivity contribution in [2.75, 3.05) is 13.2 Å². The van der Waals surface area contributed by atoms with Gasteiger partial charge < -0.3 is 10.1 Å². The summed E-state index contributed by atoms with van der Waals surface area (Å²) in [6.07, 6.45) is 0. The van der Waals surface area contributed by atoms with E-state index in [1.807, 2.05) is 36.4 Å². The molecule has 1 amide bonds. The molecule has 0 bridgehead atoms. The molecule has 0 aliphatic heterocycles. The van der Waals surface area contributed by atoms with Gasteiger partial charge in [0.15, 0.2) is 18.3 Å². The maximum atomic E-state index is 12.2. The van der Waals surface area contributed by atoms with Crippen LogP contribution in [0.1, 0.15) is 27.0 Å². The van der Waals surface area contributed by atoms with Crippen LogP contribution < -0.4 is 5.32 Å². The predicted octanol–water partition coefficient (Wildman–Crippen LogP) is 2.75. The Morgan fingerprint density at radius 3 is 2.66 bits per heavy atom. The van der Waals surface area contributed by atoms with Crippen LogP contribution >= 0.6 is 11.3 Å². The SMILES string of the molecule is Cc1csc([C@H](C#N)C(=O)COC(=O)CNC(=O)c2ccc3ccccc3c2)n1. The van der Waals surface area contributed by atoms with Crippen LogP contribution in [0.25, 0.3) is 10.8 Å². The first-order valence-corrected chi connectivity index (χ1v) is 9.63. The van der Waals surface area contributed by atoms with Gasteiger partial charge in [0.2, 0.25) is 0 Å². The smallest absolute Gasteiger partial charge is 0.325 e. The number of rotatable bonds is 7. The van der Waals surface area contributed by atoms with Gasteiger partial charge in [0.25, 0.3) is 5.91 Å². The number of Topliss-reactive ketones (excluding diaryl/α,β-unsaturated/α-hetero) is 1. The zero-order valence-corrected chi connectivity index (χ0v) is 16.4. The topological polar surface area (TPSA) is 109 Å². The molecule has 29 heavy (non-hydrogen) atoms. The quantitative estimate of drug-likeness (QED) is 0.603. The summed E-state index contributed by atoms with van der Waals surface area (Å²) in [5, 5.41) is 15.7. The van der Waals surface area contributed by atoms with Crippen LogP contribution in [0.5, 0.6) is 0 Å². The second-order valence-corrected chi connectivity index (χ2v) is 7.15. The first kappa shape index (κ1) is 20.2. The Hall–Kier alpha value is -3.57. The second-order valence-electron chi connectivity index (χ2n) is 6.26. The standard InChI is InChI=1S/C21H17N3O4S/c1-13-12-29-21(24-13)17(9-22)18(25)11-28-19(26)10-23-20(27)16-7-6-14-4-2-3-5-15(14)8-16/h2-8,12,17H,10-11H2,1H3,(H,23,27)/t17-/m1/s1. The summed E-state index contributed by atoms with van der Waals surface area (Å²) in [4.78, 5) is 40.4. The van der Waals surface area contributed by atoms with Gasteiger partial charge in [-0.2, -0.15) is 5.26 Å². The Labute approximate surface area is 170 Å². The molecule has 0 unspecified atom stereocenters. The number of amides is 1. The third kappa shape index (κ3) is 5.03. The molecule has 2 aromatic carbocycles. The molecule has 0 aliphatic rings. The van der Waals surface area contributed by atoms with E-state index in [4.69, 9.17) is 4.74 Å². The van der Waals surface area contributed by atoms with E-state index in [-0.39, 0.29) is 6.54 Å². The van der Waals surface area contributed by atoms with Gasteiger partial charge in [0.1, 0.15) is 11.6 Å². The minimum absolute atomic E-state index is 0.371. The van der Waals surface area contributed by atoms with Crippen LogP contribution in [-0.4, -0.2) is 35.8 Å². The van der Waals surface area contributed by atoms with E-state index in [0.29, 0.717) is 16.3 Å². The van der Waals surface area contributed by atoms with Gasteiger partial charge in [-0.15, -0.1) is 11.3 Å². The summed E-state index contributed by atoms with van der Waals surface area (Å²) in [7, 11) is 0.